The molecule has 1 amide bonds. The minimum absolute atomic E-state index is 0.0219. The number of hydrogen-bond donors (Lipinski definition) is 2. The molecule has 0 aliphatic carbocycles. The third-order valence-corrected chi connectivity index (χ3v) is 3.54. The first-order valence-corrected chi connectivity index (χ1v) is 7.30. The predicted octanol–water partition coefficient (Wildman–Crippen LogP) is -0.0690. The molecule has 0 radical (unpaired) electrons. The summed E-state index contributed by atoms with van der Waals surface area (Å²) in [6, 6.07) is 7.84. The van der Waals surface area contributed by atoms with Crippen LogP contribution in [0.4, 0.5) is 0 Å². The number of nitrogens with one attached hydrogen (secondary N) is 2. The Hall–Kier alpha value is -2.25. The summed E-state index contributed by atoms with van der Waals surface area (Å²) in [5.74, 6) is -0.0219. The second-order valence-corrected chi connectivity index (χ2v) is 5.21. The molecule has 7 nitrogen and oxygen atoms in total. The van der Waals surface area contributed by atoms with Crippen LogP contribution >= 0.6 is 0 Å². The zero-order chi connectivity index (χ0) is 15.2. The summed E-state index contributed by atoms with van der Waals surface area (Å²) in [5, 5.41) is 10.1. The molecule has 1 aliphatic heterocycles. The zero-order valence-electron chi connectivity index (χ0n) is 12.2. The molecule has 1 atom stereocenters. The summed E-state index contributed by atoms with van der Waals surface area (Å²) < 4.78 is 7.05. The number of carbonyl (C=O) groups excluding carboxylic acids is 1. The number of hydrogen-bond acceptors (Lipinski definition) is 5. The highest BCUT2D eigenvalue weighted by atomic mass is 16.5. The Morgan fingerprint density at radius 2 is 2.18 bits per heavy atom. The SMILES string of the molecule is O=C(NCc1ccc(Cn2cncn2)cc1)C1COCCN1. The van der Waals surface area contributed by atoms with Gasteiger partial charge < -0.3 is 15.4 Å². The number of rotatable bonds is 5. The van der Waals surface area contributed by atoms with Gasteiger partial charge in [-0.3, -0.25) is 4.79 Å². The molecule has 3 rings (SSSR count). The van der Waals surface area contributed by atoms with Gasteiger partial charge in [-0.25, -0.2) is 9.67 Å². The Balaban J connectivity index is 1.49. The fourth-order valence-corrected chi connectivity index (χ4v) is 2.31. The molecule has 1 saturated heterocycles. The van der Waals surface area contributed by atoms with Crippen LogP contribution in [0.25, 0.3) is 0 Å². The van der Waals surface area contributed by atoms with E-state index in [9.17, 15) is 4.79 Å². The Labute approximate surface area is 128 Å². The molecule has 1 aromatic carbocycles. The Kier molecular flexibility index (Phi) is 4.77. The molecule has 0 bridgehead atoms. The molecule has 2 N–H and O–H groups in total. The molecule has 116 valence electrons. The summed E-state index contributed by atoms with van der Waals surface area (Å²) in [5.41, 5.74) is 2.20. The molecule has 1 unspecified atom stereocenters. The number of morpholine rings is 1. The molecule has 1 aliphatic rings. The van der Waals surface area contributed by atoms with Gasteiger partial charge in [0.2, 0.25) is 5.91 Å². The van der Waals surface area contributed by atoms with E-state index in [-0.39, 0.29) is 11.9 Å². The van der Waals surface area contributed by atoms with Crippen molar-refractivity contribution < 1.29 is 9.53 Å². The molecule has 2 aromatic rings. The monoisotopic (exact) mass is 301 g/mol. The van der Waals surface area contributed by atoms with Crippen molar-refractivity contribution in [1.82, 2.24) is 25.4 Å². The lowest BCUT2D eigenvalue weighted by molar-refractivity contribution is -0.126. The van der Waals surface area contributed by atoms with Gasteiger partial charge in [0.1, 0.15) is 18.7 Å². The molecule has 0 saturated carbocycles. The summed E-state index contributed by atoms with van der Waals surface area (Å²) in [6.45, 7) is 3.02. The highest BCUT2D eigenvalue weighted by Crippen LogP contribution is 2.06. The van der Waals surface area contributed by atoms with Gasteiger partial charge in [0.15, 0.2) is 0 Å². The quantitative estimate of drug-likeness (QED) is 0.808. The topological polar surface area (TPSA) is 81.1 Å². The summed E-state index contributed by atoms with van der Waals surface area (Å²) in [7, 11) is 0. The summed E-state index contributed by atoms with van der Waals surface area (Å²) >= 11 is 0. The molecular formula is C15H19N5O2. The van der Waals surface area contributed by atoms with Crippen LogP contribution in [-0.4, -0.2) is 46.5 Å². The minimum atomic E-state index is -0.250. The van der Waals surface area contributed by atoms with Crippen molar-refractivity contribution >= 4 is 5.91 Å². The minimum Gasteiger partial charge on any atom is -0.378 e. The van der Waals surface area contributed by atoms with E-state index in [2.05, 4.69) is 20.7 Å². The van der Waals surface area contributed by atoms with E-state index < -0.39 is 0 Å². The fourth-order valence-electron chi connectivity index (χ4n) is 2.31. The average Bonchev–Trinajstić information content (AvgIpc) is 3.08. The molecular weight excluding hydrogens is 282 g/mol. The lowest BCUT2D eigenvalue weighted by atomic mass is 10.1. The maximum atomic E-state index is 12.0. The van der Waals surface area contributed by atoms with Crippen LogP contribution in [0.5, 0.6) is 0 Å². The van der Waals surface area contributed by atoms with Crippen LogP contribution in [0, 0.1) is 0 Å². The van der Waals surface area contributed by atoms with Crippen LogP contribution in [0.1, 0.15) is 11.1 Å². The van der Waals surface area contributed by atoms with E-state index in [1.165, 1.54) is 6.33 Å². The Morgan fingerprint density at radius 3 is 2.86 bits per heavy atom. The van der Waals surface area contributed by atoms with E-state index in [0.717, 1.165) is 17.7 Å². The van der Waals surface area contributed by atoms with Crippen LogP contribution in [0.2, 0.25) is 0 Å². The molecule has 2 heterocycles. The van der Waals surface area contributed by atoms with Crippen molar-refractivity contribution in [2.24, 2.45) is 0 Å². The van der Waals surface area contributed by atoms with Gasteiger partial charge in [-0.05, 0) is 11.1 Å². The van der Waals surface area contributed by atoms with E-state index in [4.69, 9.17) is 4.74 Å². The van der Waals surface area contributed by atoms with E-state index in [1.807, 2.05) is 24.3 Å². The van der Waals surface area contributed by atoms with Gasteiger partial charge in [0, 0.05) is 13.1 Å². The van der Waals surface area contributed by atoms with Gasteiger partial charge >= 0.3 is 0 Å². The van der Waals surface area contributed by atoms with Crippen LogP contribution in [-0.2, 0) is 22.6 Å². The van der Waals surface area contributed by atoms with E-state index in [0.29, 0.717) is 26.3 Å². The average molecular weight is 301 g/mol. The number of aromatic nitrogens is 3. The summed E-state index contributed by atoms with van der Waals surface area (Å²) in [6.07, 6.45) is 3.21. The van der Waals surface area contributed by atoms with Crippen LogP contribution in [0.3, 0.4) is 0 Å². The van der Waals surface area contributed by atoms with Crippen molar-refractivity contribution in [2.75, 3.05) is 19.8 Å². The molecule has 1 aromatic heterocycles. The van der Waals surface area contributed by atoms with Crippen molar-refractivity contribution in [1.29, 1.82) is 0 Å². The Bertz CT molecular complexity index is 591. The highest BCUT2D eigenvalue weighted by molar-refractivity contribution is 5.81. The van der Waals surface area contributed by atoms with Crippen LogP contribution in [0.15, 0.2) is 36.9 Å². The van der Waals surface area contributed by atoms with Gasteiger partial charge in [0.05, 0.1) is 19.8 Å². The maximum Gasteiger partial charge on any atom is 0.239 e. The number of amides is 1. The molecule has 22 heavy (non-hydrogen) atoms. The smallest absolute Gasteiger partial charge is 0.239 e. The molecule has 1 fully saturated rings. The van der Waals surface area contributed by atoms with Gasteiger partial charge in [-0.15, -0.1) is 0 Å². The third kappa shape index (κ3) is 3.90. The van der Waals surface area contributed by atoms with E-state index in [1.54, 1.807) is 11.0 Å². The first kappa shape index (κ1) is 14.7. The fraction of sp³-hybridized carbons (Fsp3) is 0.400. The van der Waals surface area contributed by atoms with Crippen LogP contribution < -0.4 is 10.6 Å². The largest absolute Gasteiger partial charge is 0.378 e. The number of benzene rings is 1. The number of nitrogens with zero attached hydrogens (tertiary/aromatic N) is 3. The molecule has 7 heteroatoms. The summed E-state index contributed by atoms with van der Waals surface area (Å²) in [4.78, 5) is 15.9. The predicted molar refractivity (Wildman–Crippen MR) is 80.0 cm³/mol. The zero-order valence-corrected chi connectivity index (χ0v) is 12.2. The third-order valence-electron chi connectivity index (χ3n) is 3.54. The standard InChI is InChI=1S/C15H19N5O2/c21-15(14-9-22-6-5-17-14)18-7-12-1-3-13(4-2-12)8-20-11-16-10-19-20/h1-4,10-11,14,17H,5-9H2,(H,18,21). The van der Waals surface area contributed by atoms with Crippen molar-refractivity contribution in [3.05, 3.63) is 48.0 Å². The normalized spacial score (nSPS) is 18.1. The van der Waals surface area contributed by atoms with E-state index >= 15 is 0 Å². The highest BCUT2D eigenvalue weighted by Gasteiger charge is 2.20. The maximum absolute atomic E-state index is 12.0. The number of carbonyl (C=O) groups is 1. The van der Waals surface area contributed by atoms with Crippen molar-refractivity contribution in [2.45, 2.75) is 19.1 Å². The van der Waals surface area contributed by atoms with Gasteiger partial charge in [0.25, 0.3) is 0 Å². The lowest BCUT2D eigenvalue weighted by Gasteiger charge is -2.22. The van der Waals surface area contributed by atoms with Gasteiger partial charge in [-0.2, -0.15) is 5.10 Å². The second kappa shape index (κ2) is 7.15. The number of ether oxygens (including phenoxy) is 1. The first-order valence-electron chi connectivity index (χ1n) is 7.30. The molecule has 0 spiro atoms. The first-order chi connectivity index (χ1) is 10.8. The lowest BCUT2D eigenvalue weighted by Crippen LogP contribution is -2.51. The second-order valence-electron chi connectivity index (χ2n) is 5.21. The van der Waals surface area contributed by atoms with Crippen molar-refractivity contribution in [3.63, 3.8) is 0 Å². The van der Waals surface area contributed by atoms with Crippen molar-refractivity contribution in [3.8, 4) is 0 Å². The van der Waals surface area contributed by atoms with Gasteiger partial charge in [-0.1, -0.05) is 24.3 Å². The Morgan fingerprint density at radius 1 is 1.36 bits per heavy atom.